The minimum Gasteiger partial charge on any atom is -0.340 e. The Morgan fingerprint density at radius 3 is 2.43 bits per heavy atom. The molecular formula is C22H22ClFN4O2. The molecular weight excluding hydrogens is 407 g/mol. The SMILES string of the molecule is N#Cc1ccc(NC(=O)CCN2CCN(C(=O)Cc3ccc(F)cc3)CC2)cc1Cl. The molecule has 1 heterocycles. The van der Waals surface area contributed by atoms with Crippen LogP contribution in [-0.4, -0.2) is 54.3 Å². The van der Waals surface area contributed by atoms with E-state index < -0.39 is 0 Å². The van der Waals surface area contributed by atoms with Crippen LogP contribution in [0.3, 0.4) is 0 Å². The van der Waals surface area contributed by atoms with E-state index in [0.29, 0.717) is 55.4 Å². The van der Waals surface area contributed by atoms with Crippen LogP contribution >= 0.6 is 11.6 Å². The number of amides is 2. The summed E-state index contributed by atoms with van der Waals surface area (Å²) in [6.07, 6.45) is 0.580. The van der Waals surface area contributed by atoms with Gasteiger partial charge in [-0.2, -0.15) is 5.26 Å². The van der Waals surface area contributed by atoms with E-state index >= 15 is 0 Å². The molecule has 0 bridgehead atoms. The first kappa shape index (κ1) is 21.8. The highest BCUT2D eigenvalue weighted by molar-refractivity contribution is 6.32. The second kappa shape index (κ2) is 10.2. The van der Waals surface area contributed by atoms with Gasteiger partial charge >= 0.3 is 0 Å². The largest absolute Gasteiger partial charge is 0.340 e. The number of carbonyl (C=O) groups is 2. The normalized spacial score (nSPS) is 14.2. The van der Waals surface area contributed by atoms with Crippen LogP contribution in [-0.2, 0) is 16.0 Å². The Bertz CT molecular complexity index is 951. The molecule has 8 heteroatoms. The molecule has 6 nitrogen and oxygen atoms in total. The highest BCUT2D eigenvalue weighted by Crippen LogP contribution is 2.20. The standard InChI is InChI=1S/C22H22ClFN4O2/c23-20-14-19(6-3-17(20)15-25)26-21(29)7-8-27-9-11-28(12-10-27)22(30)13-16-1-4-18(24)5-2-16/h1-6,14H,7-13H2,(H,26,29). The second-order valence-electron chi connectivity index (χ2n) is 7.13. The van der Waals surface area contributed by atoms with Gasteiger partial charge in [0.2, 0.25) is 11.8 Å². The van der Waals surface area contributed by atoms with Crippen LogP contribution in [0.2, 0.25) is 5.02 Å². The predicted octanol–water partition coefficient (Wildman–Crippen LogP) is 3.07. The van der Waals surface area contributed by atoms with Crippen LogP contribution in [0, 0.1) is 17.1 Å². The molecule has 0 atom stereocenters. The number of piperazine rings is 1. The Morgan fingerprint density at radius 2 is 1.80 bits per heavy atom. The molecule has 0 saturated carbocycles. The number of nitrogens with one attached hydrogen (secondary N) is 1. The van der Waals surface area contributed by atoms with Gasteiger partial charge in [0.05, 0.1) is 17.0 Å². The van der Waals surface area contributed by atoms with Crippen molar-refractivity contribution in [3.8, 4) is 6.07 Å². The fourth-order valence-corrected chi connectivity index (χ4v) is 3.50. The lowest BCUT2D eigenvalue weighted by atomic mass is 10.1. The number of nitriles is 1. The molecule has 0 aliphatic carbocycles. The van der Waals surface area contributed by atoms with E-state index in [9.17, 15) is 14.0 Å². The van der Waals surface area contributed by atoms with Gasteiger partial charge in [0.15, 0.2) is 0 Å². The van der Waals surface area contributed by atoms with E-state index in [1.54, 1.807) is 35.2 Å². The Morgan fingerprint density at radius 1 is 1.10 bits per heavy atom. The first-order valence-electron chi connectivity index (χ1n) is 9.68. The predicted molar refractivity (Wildman–Crippen MR) is 113 cm³/mol. The quantitative estimate of drug-likeness (QED) is 0.767. The zero-order chi connectivity index (χ0) is 21.5. The van der Waals surface area contributed by atoms with E-state index in [-0.39, 0.29) is 24.1 Å². The van der Waals surface area contributed by atoms with Gasteiger partial charge in [-0.05, 0) is 35.9 Å². The first-order valence-corrected chi connectivity index (χ1v) is 10.1. The minimum atomic E-state index is -0.314. The van der Waals surface area contributed by atoms with Crippen molar-refractivity contribution >= 4 is 29.1 Å². The van der Waals surface area contributed by atoms with Gasteiger partial charge in [-0.25, -0.2) is 4.39 Å². The molecule has 3 rings (SSSR count). The molecule has 2 amide bonds. The number of nitrogens with zero attached hydrogens (tertiary/aromatic N) is 3. The van der Waals surface area contributed by atoms with E-state index in [0.717, 1.165) is 5.56 Å². The van der Waals surface area contributed by atoms with Crippen LogP contribution in [0.4, 0.5) is 10.1 Å². The van der Waals surface area contributed by atoms with Gasteiger partial charge in [-0.3, -0.25) is 14.5 Å². The van der Waals surface area contributed by atoms with E-state index in [2.05, 4.69) is 10.2 Å². The average molecular weight is 429 g/mol. The van der Waals surface area contributed by atoms with Gasteiger partial charge in [-0.15, -0.1) is 0 Å². The molecule has 0 spiro atoms. The van der Waals surface area contributed by atoms with Crippen molar-refractivity contribution in [2.75, 3.05) is 38.0 Å². The van der Waals surface area contributed by atoms with E-state index in [4.69, 9.17) is 16.9 Å². The maximum atomic E-state index is 13.0. The molecule has 1 fully saturated rings. The van der Waals surface area contributed by atoms with Crippen molar-refractivity contribution in [1.82, 2.24) is 9.80 Å². The highest BCUT2D eigenvalue weighted by atomic mass is 35.5. The third kappa shape index (κ3) is 6.02. The number of hydrogen-bond acceptors (Lipinski definition) is 4. The Kier molecular flexibility index (Phi) is 7.39. The summed E-state index contributed by atoms with van der Waals surface area (Å²) in [4.78, 5) is 28.6. The fourth-order valence-electron chi connectivity index (χ4n) is 3.28. The van der Waals surface area contributed by atoms with Crippen LogP contribution in [0.15, 0.2) is 42.5 Å². The average Bonchev–Trinajstić information content (AvgIpc) is 2.74. The summed E-state index contributed by atoms with van der Waals surface area (Å²) in [5.74, 6) is -0.423. The van der Waals surface area contributed by atoms with Gasteiger partial charge in [0, 0.05) is 44.8 Å². The van der Waals surface area contributed by atoms with Crippen LogP contribution < -0.4 is 5.32 Å². The lowest BCUT2D eigenvalue weighted by Crippen LogP contribution is -2.49. The summed E-state index contributed by atoms with van der Waals surface area (Å²) >= 11 is 5.98. The minimum absolute atomic E-state index is 0.0247. The fraction of sp³-hybridized carbons (Fsp3) is 0.318. The summed E-state index contributed by atoms with van der Waals surface area (Å²) in [6, 6.07) is 12.7. The topological polar surface area (TPSA) is 76.4 Å². The summed E-state index contributed by atoms with van der Waals surface area (Å²) in [5.41, 5.74) is 1.71. The van der Waals surface area contributed by atoms with Gasteiger partial charge in [0.1, 0.15) is 11.9 Å². The number of carbonyl (C=O) groups excluding carboxylic acids is 2. The third-order valence-corrected chi connectivity index (χ3v) is 5.33. The molecule has 0 unspecified atom stereocenters. The first-order chi connectivity index (χ1) is 14.4. The lowest BCUT2D eigenvalue weighted by Gasteiger charge is -2.34. The summed E-state index contributed by atoms with van der Waals surface area (Å²) in [7, 11) is 0. The van der Waals surface area contributed by atoms with Crippen molar-refractivity contribution in [3.05, 3.63) is 64.4 Å². The maximum Gasteiger partial charge on any atom is 0.227 e. The summed E-state index contributed by atoms with van der Waals surface area (Å²) < 4.78 is 13.0. The van der Waals surface area contributed by atoms with E-state index in [1.807, 2.05) is 6.07 Å². The third-order valence-electron chi connectivity index (χ3n) is 5.02. The number of anilines is 1. The van der Waals surface area contributed by atoms with Gasteiger partial charge < -0.3 is 10.2 Å². The van der Waals surface area contributed by atoms with Crippen LogP contribution in [0.1, 0.15) is 17.5 Å². The molecule has 1 aliphatic heterocycles. The van der Waals surface area contributed by atoms with Crippen molar-refractivity contribution < 1.29 is 14.0 Å². The molecule has 0 aromatic heterocycles. The van der Waals surface area contributed by atoms with Gasteiger partial charge in [0.25, 0.3) is 0 Å². The molecule has 30 heavy (non-hydrogen) atoms. The monoisotopic (exact) mass is 428 g/mol. The molecule has 1 N–H and O–H groups in total. The molecule has 2 aromatic rings. The molecule has 1 aliphatic rings. The van der Waals surface area contributed by atoms with Crippen LogP contribution in [0.25, 0.3) is 0 Å². The van der Waals surface area contributed by atoms with E-state index in [1.165, 1.54) is 12.1 Å². The molecule has 156 valence electrons. The number of halogens is 2. The Labute approximate surface area is 179 Å². The number of benzene rings is 2. The maximum absolute atomic E-state index is 13.0. The zero-order valence-electron chi connectivity index (χ0n) is 16.4. The Balaban J connectivity index is 1.39. The smallest absolute Gasteiger partial charge is 0.227 e. The Hall–Kier alpha value is -2.95. The summed E-state index contributed by atoms with van der Waals surface area (Å²) in [6.45, 7) is 3.20. The van der Waals surface area contributed by atoms with Gasteiger partial charge in [-0.1, -0.05) is 23.7 Å². The number of rotatable bonds is 6. The van der Waals surface area contributed by atoms with Crippen molar-refractivity contribution in [2.24, 2.45) is 0 Å². The summed E-state index contributed by atoms with van der Waals surface area (Å²) in [5, 5.41) is 12.0. The lowest BCUT2D eigenvalue weighted by molar-refractivity contribution is -0.132. The number of hydrogen-bond donors (Lipinski definition) is 1. The highest BCUT2D eigenvalue weighted by Gasteiger charge is 2.21. The van der Waals surface area contributed by atoms with Crippen molar-refractivity contribution in [2.45, 2.75) is 12.8 Å². The van der Waals surface area contributed by atoms with Crippen molar-refractivity contribution in [1.29, 1.82) is 5.26 Å². The zero-order valence-corrected chi connectivity index (χ0v) is 17.2. The van der Waals surface area contributed by atoms with Crippen LogP contribution in [0.5, 0.6) is 0 Å². The molecule has 0 radical (unpaired) electrons. The molecule has 2 aromatic carbocycles. The molecule has 1 saturated heterocycles. The second-order valence-corrected chi connectivity index (χ2v) is 7.54. The van der Waals surface area contributed by atoms with Crippen molar-refractivity contribution in [3.63, 3.8) is 0 Å².